The highest BCUT2D eigenvalue weighted by molar-refractivity contribution is 5.91. The zero-order valence-electron chi connectivity index (χ0n) is 17.3. The molecule has 1 aromatic heterocycles. The molecule has 0 unspecified atom stereocenters. The van der Waals surface area contributed by atoms with Gasteiger partial charge in [-0.25, -0.2) is 9.18 Å². The van der Waals surface area contributed by atoms with E-state index in [-0.39, 0.29) is 18.8 Å². The number of hydrogen-bond donors (Lipinski definition) is 1. The van der Waals surface area contributed by atoms with Gasteiger partial charge in [0.25, 0.3) is 11.5 Å². The molecule has 2 aromatic carbocycles. The number of aryl methyl sites for hydroxylation is 1. The van der Waals surface area contributed by atoms with Gasteiger partial charge in [0.1, 0.15) is 5.82 Å². The Hall–Kier alpha value is -3.59. The molecule has 1 heterocycles. The minimum absolute atomic E-state index is 0.0558. The van der Waals surface area contributed by atoms with Gasteiger partial charge < -0.3 is 10.1 Å². The Labute approximate surface area is 177 Å². The molecule has 3 aromatic rings. The maximum absolute atomic E-state index is 13.7. The van der Waals surface area contributed by atoms with Crippen LogP contribution in [0.2, 0.25) is 0 Å². The van der Waals surface area contributed by atoms with Gasteiger partial charge in [0.05, 0.1) is 12.2 Å². The maximum Gasteiger partial charge on any atom is 0.352 e. The van der Waals surface area contributed by atoms with Crippen molar-refractivity contribution < 1.29 is 13.9 Å². The van der Waals surface area contributed by atoms with Gasteiger partial charge in [-0.05, 0) is 37.1 Å². The zero-order valence-corrected chi connectivity index (χ0v) is 17.3. The SMILES string of the molecule is COCCCNC(=O)c1nn(-c2cccc(F)c2)c(=O)n(Cc2ccc(C)cc2)c1=O. The molecule has 31 heavy (non-hydrogen) atoms. The second kappa shape index (κ2) is 9.94. The lowest BCUT2D eigenvalue weighted by molar-refractivity contribution is 0.0938. The highest BCUT2D eigenvalue weighted by Gasteiger charge is 2.20. The topological polar surface area (TPSA) is 95.2 Å². The third-order valence-corrected chi connectivity index (χ3v) is 4.60. The summed E-state index contributed by atoms with van der Waals surface area (Å²) in [5.41, 5.74) is -0.202. The van der Waals surface area contributed by atoms with E-state index in [9.17, 15) is 18.8 Å². The molecule has 9 heteroatoms. The fraction of sp³-hybridized carbons (Fsp3) is 0.273. The smallest absolute Gasteiger partial charge is 0.352 e. The Morgan fingerprint density at radius 1 is 1.16 bits per heavy atom. The second-order valence-corrected chi connectivity index (χ2v) is 7.00. The highest BCUT2D eigenvalue weighted by atomic mass is 19.1. The summed E-state index contributed by atoms with van der Waals surface area (Å²) in [6.07, 6.45) is 0.545. The summed E-state index contributed by atoms with van der Waals surface area (Å²) < 4.78 is 20.5. The lowest BCUT2D eigenvalue weighted by Gasteiger charge is -2.12. The molecule has 1 N–H and O–H groups in total. The molecular weight excluding hydrogens is 403 g/mol. The molecular formula is C22H23FN4O4. The van der Waals surface area contributed by atoms with Crippen LogP contribution in [0.5, 0.6) is 0 Å². The molecule has 0 spiro atoms. The van der Waals surface area contributed by atoms with Gasteiger partial charge in [-0.1, -0.05) is 35.9 Å². The number of nitrogens with zero attached hydrogens (tertiary/aromatic N) is 3. The van der Waals surface area contributed by atoms with Gasteiger partial charge in [0.2, 0.25) is 5.69 Å². The monoisotopic (exact) mass is 426 g/mol. The van der Waals surface area contributed by atoms with E-state index in [2.05, 4.69) is 10.4 Å². The average molecular weight is 426 g/mol. The van der Waals surface area contributed by atoms with E-state index in [0.29, 0.717) is 18.6 Å². The molecule has 8 nitrogen and oxygen atoms in total. The van der Waals surface area contributed by atoms with Crippen molar-refractivity contribution in [2.45, 2.75) is 19.9 Å². The van der Waals surface area contributed by atoms with Crippen molar-refractivity contribution in [1.29, 1.82) is 0 Å². The number of benzene rings is 2. The Bertz CT molecular complexity index is 1190. The number of aromatic nitrogens is 3. The number of halogens is 1. The lowest BCUT2D eigenvalue weighted by Crippen LogP contribution is -2.46. The van der Waals surface area contributed by atoms with E-state index in [1.165, 1.54) is 18.2 Å². The van der Waals surface area contributed by atoms with Crippen LogP contribution in [-0.4, -0.2) is 40.5 Å². The molecule has 3 rings (SSSR count). The predicted octanol–water partition coefficient (Wildman–Crippen LogP) is 1.66. The number of carbonyl (C=O) groups is 1. The summed E-state index contributed by atoms with van der Waals surface area (Å²) in [4.78, 5) is 38.6. The van der Waals surface area contributed by atoms with E-state index in [1.54, 1.807) is 19.2 Å². The van der Waals surface area contributed by atoms with Crippen LogP contribution in [0.15, 0.2) is 58.1 Å². The van der Waals surface area contributed by atoms with Crippen LogP contribution in [0.4, 0.5) is 4.39 Å². The summed E-state index contributed by atoms with van der Waals surface area (Å²) in [5.74, 6) is -1.29. The number of carbonyl (C=O) groups excluding carboxylic acids is 1. The largest absolute Gasteiger partial charge is 0.385 e. The van der Waals surface area contributed by atoms with Crippen LogP contribution in [0.1, 0.15) is 28.0 Å². The van der Waals surface area contributed by atoms with Gasteiger partial charge >= 0.3 is 5.69 Å². The van der Waals surface area contributed by atoms with E-state index in [1.807, 2.05) is 19.1 Å². The number of nitrogens with one attached hydrogen (secondary N) is 1. The molecule has 0 saturated carbocycles. The highest BCUT2D eigenvalue weighted by Crippen LogP contribution is 2.07. The van der Waals surface area contributed by atoms with Crippen molar-refractivity contribution in [3.8, 4) is 5.69 Å². The summed E-state index contributed by atoms with van der Waals surface area (Å²) in [6, 6.07) is 12.5. The van der Waals surface area contributed by atoms with Crippen molar-refractivity contribution in [3.05, 3.63) is 92.0 Å². The Kier molecular flexibility index (Phi) is 7.09. The lowest BCUT2D eigenvalue weighted by atomic mass is 10.1. The molecule has 0 aliphatic carbocycles. The van der Waals surface area contributed by atoms with E-state index in [4.69, 9.17) is 4.74 Å². The van der Waals surface area contributed by atoms with E-state index in [0.717, 1.165) is 20.9 Å². The summed E-state index contributed by atoms with van der Waals surface area (Å²) in [6.45, 7) is 2.57. The zero-order chi connectivity index (χ0) is 22.4. The molecule has 162 valence electrons. The Balaban J connectivity index is 2.08. The normalized spacial score (nSPS) is 10.8. The second-order valence-electron chi connectivity index (χ2n) is 7.00. The van der Waals surface area contributed by atoms with Crippen molar-refractivity contribution in [2.75, 3.05) is 20.3 Å². The first-order valence-electron chi connectivity index (χ1n) is 9.73. The maximum atomic E-state index is 13.7. The number of methoxy groups -OCH3 is 1. The van der Waals surface area contributed by atoms with Gasteiger partial charge in [0.15, 0.2) is 0 Å². The number of hydrogen-bond acceptors (Lipinski definition) is 5. The van der Waals surface area contributed by atoms with Gasteiger partial charge in [-0.2, -0.15) is 9.78 Å². The van der Waals surface area contributed by atoms with Gasteiger partial charge in [-0.3, -0.25) is 14.2 Å². The predicted molar refractivity (Wildman–Crippen MR) is 113 cm³/mol. The first-order chi connectivity index (χ1) is 14.9. The molecule has 0 saturated heterocycles. The molecule has 0 bridgehead atoms. The minimum Gasteiger partial charge on any atom is -0.385 e. The van der Waals surface area contributed by atoms with Crippen molar-refractivity contribution >= 4 is 5.91 Å². The molecule has 0 atom stereocenters. The van der Waals surface area contributed by atoms with Crippen LogP contribution in [0, 0.1) is 12.7 Å². The van der Waals surface area contributed by atoms with Crippen LogP contribution >= 0.6 is 0 Å². The third kappa shape index (κ3) is 5.32. The standard InChI is InChI=1S/C22H23FN4O4/c1-15-7-9-16(10-8-15)14-26-21(29)19(20(28)24-11-4-12-31-2)25-27(22(26)30)18-6-3-5-17(23)13-18/h3,5-10,13H,4,11-12,14H2,1-2H3,(H,24,28). The van der Waals surface area contributed by atoms with Crippen LogP contribution < -0.4 is 16.6 Å². The summed E-state index contributed by atoms with van der Waals surface area (Å²) >= 11 is 0. The van der Waals surface area contributed by atoms with Gasteiger partial charge in [0, 0.05) is 20.3 Å². The van der Waals surface area contributed by atoms with Crippen molar-refractivity contribution in [1.82, 2.24) is 19.7 Å². The fourth-order valence-electron chi connectivity index (χ4n) is 2.95. The van der Waals surface area contributed by atoms with Gasteiger partial charge in [-0.15, -0.1) is 0 Å². The third-order valence-electron chi connectivity index (χ3n) is 4.60. The molecule has 1 amide bonds. The van der Waals surface area contributed by atoms with Crippen molar-refractivity contribution in [2.24, 2.45) is 0 Å². The quantitative estimate of drug-likeness (QED) is 0.553. The van der Waals surface area contributed by atoms with Crippen molar-refractivity contribution in [3.63, 3.8) is 0 Å². The Morgan fingerprint density at radius 3 is 2.58 bits per heavy atom. The molecule has 0 aliphatic heterocycles. The average Bonchev–Trinajstić information content (AvgIpc) is 2.75. The minimum atomic E-state index is -0.817. The van der Waals surface area contributed by atoms with E-state index < -0.39 is 28.7 Å². The number of ether oxygens (including phenoxy) is 1. The van der Waals surface area contributed by atoms with Crippen LogP contribution in [-0.2, 0) is 11.3 Å². The van der Waals surface area contributed by atoms with Crippen LogP contribution in [0.25, 0.3) is 5.69 Å². The van der Waals surface area contributed by atoms with Crippen LogP contribution in [0.3, 0.4) is 0 Å². The fourth-order valence-corrected chi connectivity index (χ4v) is 2.95. The summed E-state index contributed by atoms with van der Waals surface area (Å²) in [5, 5.41) is 6.56. The summed E-state index contributed by atoms with van der Waals surface area (Å²) in [7, 11) is 1.54. The molecule has 0 fully saturated rings. The first kappa shape index (κ1) is 22.1. The Morgan fingerprint density at radius 2 is 1.90 bits per heavy atom. The number of rotatable bonds is 8. The first-order valence-corrected chi connectivity index (χ1v) is 9.73. The number of amides is 1. The van der Waals surface area contributed by atoms with E-state index >= 15 is 0 Å². The molecule has 0 aliphatic rings. The molecule has 0 radical (unpaired) electrons.